The van der Waals surface area contributed by atoms with E-state index in [4.69, 9.17) is 9.15 Å². The standard InChI is InChI=1S/C17H24N4O3/c1-11-4-5-15(24-11)12(2)19-17(22)20-13-6-7-23-16(8-13)14-9-18-10-21(14)3/h4-5,9-10,12-13,16H,6-8H2,1-3H3,(H2,19,20,22)/t12-,13+,16+/m0/s1. The molecule has 2 aromatic heterocycles. The van der Waals surface area contributed by atoms with Crippen molar-refractivity contribution in [3.05, 3.63) is 41.9 Å². The highest BCUT2D eigenvalue weighted by Gasteiger charge is 2.27. The zero-order chi connectivity index (χ0) is 17.1. The van der Waals surface area contributed by atoms with Crippen LogP contribution in [0.1, 0.15) is 49.1 Å². The third-order valence-electron chi connectivity index (χ3n) is 4.34. The molecule has 2 N–H and O–H groups in total. The molecule has 0 bridgehead atoms. The van der Waals surface area contributed by atoms with Gasteiger partial charge >= 0.3 is 6.03 Å². The maximum absolute atomic E-state index is 12.2. The zero-order valence-corrected chi connectivity index (χ0v) is 14.3. The molecule has 1 fully saturated rings. The first-order chi connectivity index (χ1) is 11.5. The fourth-order valence-electron chi connectivity index (χ4n) is 2.99. The molecule has 7 nitrogen and oxygen atoms in total. The summed E-state index contributed by atoms with van der Waals surface area (Å²) in [5.41, 5.74) is 1.03. The van der Waals surface area contributed by atoms with E-state index in [0.29, 0.717) is 6.61 Å². The Hall–Kier alpha value is -2.28. The Morgan fingerprint density at radius 2 is 2.29 bits per heavy atom. The van der Waals surface area contributed by atoms with E-state index in [9.17, 15) is 4.79 Å². The van der Waals surface area contributed by atoms with Gasteiger partial charge < -0.3 is 24.4 Å². The Morgan fingerprint density at radius 3 is 2.96 bits per heavy atom. The lowest BCUT2D eigenvalue weighted by Gasteiger charge is -2.30. The van der Waals surface area contributed by atoms with Gasteiger partial charge in [0.25, 0.3) is 0 Å². The van der Waals surface area contributed by atoms with Crippen molar-refractivity contribution in [2.75, 3.05) is 6.61 Å². The second-order valence-electron chi connectivity index (χ2n) is 6.30. The van der Waals surface area contributed by atoms with Crippen LogP contribution in [0.25, 0.3) is 0 Å². The van der Waals surface area contributed by atoms with E-state index in [0.717, 1.165) is 30.1 Å². The number of aryl methyl sites for hydroxylation is 2. The van der Waals surface area contributed by atoms with Gasteiger partial charge in [0.1, 0.15) is 17.6 Å². The van der Waals surface area contributed by atoms with Crippen LogP contribution >= 0.6 is 0 Å². The van der Waals surface area contributed by atoms with Crippen molar-refractivity contribution in [3.63, 3.8) is 0 Å². The molecule has 0 aliphatic carbocycles. The predicted octanol–water partition coefficient (Wildman–Crippen LogP) is 2.60. The van der Waals surface area contributed by atoms with Gasteiger partial charge in [-0.1, -0.05) is 0 Å². The number of urea groups is 1. The van der Waals surface area contributed by atoms with Crippen molar-refractivity contribution in [2.45, 2.75) is 44.9 Å². The van der Waals surface area contributed by atoms with Crippen molar-refractivity contribution >= 4 is 6.03 Å². The van der Waals surface area contributed by atoms with E-state index in [1.54, 1.807) is 6.33 Å². The fourth-order valence-corrected chi connectivity index (χ4v) is 2.99. The van der Waals surface area contributed by atoms with Gasteiger partial charge in [0.2, 0.25) is 0 Å². The van der Waals surface area contributed by atoms with Gasteiger partial charge in [0, 0.05) is 19.7 Å². The highest BCUT2D eigenvalue weighted by atomic mass is 16.5. The lowest BCUT2D eigenvalue weighted by molar-refractivity contribution is -0.00182. The number of carbonyl (C=O) groups excluding carboxylic acids is 1. The summed E-state index contributed by atoms with van der Waals surface area (Å²) in [5, 5.41) is 5.95. The topological polar surface area (TPSA) is 81.3 Å². The van der Waals surface area contributed by atoms with E-state index in [1.165, 1.54) is 0 Å². The number of aromatic nitrogens is 2. The average molecular weight is 332 g/mol. The maximum Gasteiger partial charge on any atom is 0.315 e. The summed E-state index contributed by atoms with van der Waals surface area (Å²) in [6, 6.07) is 3.48. The Morgan fingerprint density at radius 1 is 1.46 bits per heavy atom. The normalized spacial score (nSPS) is 22.1. The van der Waals surface area contributed by atoms with E-state index < -0.39 is 0 Å². The van der Waals surface area contributed by atoms with Gasteiger partial charge in [-0.05, 0) is 38.8 Å². The second-order valence-corrected chi connectivity index (χ2v) is 6.30. The molecule has 0 saturated carbocycles. The highest BCUT2D eigenvalue weighted by molar-refractivity contribution is 5.74. The monoisotopic (exact) mass is 332 g/mol. The number of carbonyl (C=O) groups is 1. The molecule has 1 aliphatic rings. The van der Waals surface area contributed by atoms with Crippen molar-refractivity contribution < 1.29 is 13.9 Å². The van der Waals surface area contributed by atoms with Crippen LogP contribution in [-0.4, -0.2) is 28.2 Å². The molecule has 1 aliphatic heterocycles. The van der Waals surface area contributed by atoms with Gasteiger partial charge in [-0.3, -0.25) is 0 Å². The zero-order valence-electron chi connectivity index (χ0n) is 14.3. The third-order valence-corrected chi connectivity index (χ3v) is 4.34. The number of ether oxygens (including phenoxy) is 1. The molecule has 0 unspecified atom stereocenters. The van der Waals surface area contributed by atoms with Gasteiger partial charge in [0.15, 0.2) is 0 Å². The summed E-state index contributed by atoms with van der Waals surface area (Å²) in [6.07, 6.45) is 5.07. The molecule has 3 rings (SSSR count). The Labute approximate surface area is 141 Å². The van der Waals surface area contributed by atoms with Crippen LogP contribution < -0.4 is 10.6 Å². The summed E-state index contributed by atoms with van der Waals surface area (Å²) in [7, 11) is 1.95. The quantitative estimate of drug-likeness (QED) is 0.902. The third kappa shape index (κ3) is 3.79. The van der Waals surface area contributed by atoms with Crippen LogP contribution in [0.4, 0.5) is 4.79 Å². The first-order valence-electron chi connectivity index (χ1n) is 8.24. The summed E-state index contributed by atoms with van der Waals surface area (Å²) in [5.74, 6) is 1.59. The van der Waals surface area contributed by atoms with Gasteiger partial charge in [-0.15, -0.1) is 0 Å². The molecular weight excluding hydrogens is 308 g/mol. The van der Waals surface area contributed by atoms with Crippen LogP contribution in [0, 0.1) is 6.92 Å². The van der Waals surface area contributed by atoms with Crippen molar-refractivity contribution in [2.24, 2.45) is 7.05 Å². The van der Waals surface area contributed by atoms with Crippen LogP contribution in [-0.2, 0) is 11.8 Å². The van der Waals surface area contributed by atoms with E-state index in [2.05, 4.69) is 15.6 Å². The number of nitrogens with one attached hydrogen (secondary N) is 2. The lowest BCUT2D eigenvalue weighted by Crippen LogP contribution is -2.45. The minimum absolute atomic E-state index is 0.0401. The van der Waals surface area contributed by atoms with Crippen LogP contribution in [0.2, 0.25) is 0 Å². The summed E-state index contributed by atoms with van der Waals surface area (Å²) in [6.45, 7) is 4.41. The lowest BCUT2D eigenvalue weighted by atomic mass is 10.0. The number of amides is 2. The fraction of sp³-hybridized carbons (Fsp3) is 0.529. The van der Waals surface area contributed by atoms with E-state index in [-0.39, 0.29) is 24.2 Å². The largest absolute Gasteiger partial charge is 0.464 e. The van der Waals surface area contributed by atoms with Crippen LogP contribution in [0.5, 0.6) is 0 Å². The van der Waals surface area contributed by atoms with Crippen LogP contribution in [0.3, 0.4) is 0 Å². The Bertz CT molecular complexity index is 694. The first-order valence-corrected chi connectivity index (χ1v) is 8.24. The number of hydrogen-bond donors (Lipinski definition) is 2. The second kappa shape index (κ2) is 7.09. The van der Waals surface area contributed by atoms with Crippen LogP contribution in [0.15, 0.2) is 29.1 Å². The number of hydrogen-bond acceptors (Lipinski definition) is 4. The van der Waals surface area contributed by atoms with Gasteiger partial charge in [-0.2, -0.15) is 0 Å². The van der Waals surface area contributed by atoms with E-state index in [1.807, 2.05) is 43.8 Å². The van der Waals surface area contributed by atoms with Crippen molar-refractivity contribution in [1.29, 1.82) is 0 Å². The SMILES string of the molecule is Cc1ccc([C@H](C)NC(=O)N[C@@H]2CCO[C@@H](c3cncn3C)C2)o1. The van der Waals surface area contributed by atoms with Gasteiger partial charge in [-0.25, -0.2) is 9.78 Å². The molecule has 0 aromatic carbocycles. The average Bonchev–Trinajstić information content (AvgIpc) is 3.16. The maximum atomic E-state index is 12.2. The Balaban J connectivity index is 1.53. The Kier molecular flexibility index (Phi) is 4.89. The van der Waals surface area contributed by atoms with Gasteiger partial charge in [0.05, 0.1) is 24.3 Å². The van der Waals surface area contributed by atoms with Crippen molar-refractivity contribution in [3.8, 4) is 0 Å². The number of nitrogens with zero attached hydrogens (tertiary/aromatic N) is 2. The molecule has 2 aromatic rings. The number of rotatable bonds is 4. The summed E-state index contributed by atoms with van der Waals surface area (Å²) >= 11 is 0. The summed E-state index contributed by atoms with van der Waals surface area (Å²) in [4.78, 5) is 16.4. The molecule has 2 amide bonds. The van der Waals surface area contributed by atoms with Crippen molar-refractivity contribution in [1.82, 2.24) is 20.2 Å². The minimum atomic E-state index is -0.188. The molecule has 3 heterocycles. The molecule has 24 heavy (non-hydrogen) atoms. The molecule has 130 valence electrons. The molecular formula is C17H24N4O3. The molecule has 0 spiro atoms. The first kappa shape index (κ1) is 16.6. The molecule has 1 saturated heterocycles. The number of furan rings is 1. The molecule has 0 radical (unpaired) electrons. The minimum Gasteiger partial charge on any atom is -0.464 e. The smallest absolute Gasteiger partial charge is 0.315 e. The van der Waals surface area contributed by atoms with E-state index >= 15 is 0 Å². The predicted molar refractivity (Wildman–Crippen MR) is 88.5 cm³/mol. The number of imidazole rings is 1. The summed E-state index contributed by atoms with van der Waals surface area (Å²) < 4.78 is 13.3. The highest BCUT2D eigenvalue weighted by Crippen LogP contribution is 2.27. The molecule has 3 atom stereocenters. The molecule has 7 heteroatoms.